The van der Waals surface area contributed by atoms with Crippen LogP contribution in [0.3, 0.4) is 0 Å². The number of benzene rings is 2. The fourth-order valence-corrected chi connectivity index (χ4v) is 4.13. The SMILES string of the molecule is CSCc1nc2ccccc2n1CC(=O)Nc1nc2ccccc2s1. The Kier molecular flexibility index (Phi) is 4.42. The van der Waals surface area contributed by atoms with Crippen LogP contribution in [0.2, 0.25) is 0 Å². The molecule has 4 aromatic rings. The van der Waals surface area contributed by atoms with Crippen molar-refractivity contribution in [3.63, 3.8) is 0 Å². The molecular formula is C18H16N4OS2. The summed E-state index contributed by atoms with van der Waals surface area (Å²) >= 11 is 3.18. The van der Waals surface area contributed by atoms with Gasteiger partial charge in [0.05, 0.1) is 27.0 Å². The molecule has 2 heterocycles. The number of aromatic nitrogens is 3. The van der Waals surface area contributed by atoms with Gasteiger partial charge in [-0.1, -0.05) is 35.6 Å². The lowest BCUT2D eigenvalue weighted by atomic mass is 10.3. The number of hydrogen-bond donors (Lipinski definition) is 1. The average Bonchev–Trinajstić information content (AvgIpc) is 3.16. The second-order valence-electron chi connectivity index (χ2n) is 5.57. The van der Waals surface area contributed by atoms with Gasteiger partial charge in [-0.2, -0.15) is 11.8 Å². The fourth-order valence-electron chi connectivity index (χ4n) is 2.77. The molecule has 0 saturated carbocycles. The quantitative estimate of drug-likeness (QED) is 0.575. The van der Waals surface area contributed by atoms with Crippen LogP contribution >= 0.6 is 23.1 Å². The number of carbonyl (C=O) groups excluding carboxylic acids is 1. The zero-order valence-electron chi connectivity index (χ0n) is 13.6. The Balaban J connectivity index is 1.59. The molecule has 0 saturated heterocycles. The summed E-state index contributed by atoms with van der Waals surface area (Å²) in [6, 6.07) is 15.8. The number of hydrogen-bond acceptors (Lipinski definition) is 5. The van der Waals surface area contributed by atoms with Crippen molar-refractivity contribution in [2.75, 3.05) is 11.6 Å². The smallest absolute Gasteiger partial charge is 0.246 e. The molecule has 2 aromatic carbocycles. The molecule has 0 atom stereocenters. The van der Waals surface area contributed by atoms with Crippen LogP contribution in [-0.2, 0) is 17.1 Å². The van der Waals surface area contributed by atoms with Gasteiger partial charge in [0.2, 0.25) is 5.91 Å². The van der Waals surface area contributed by atoms with Crippen molar-refractivity contribution in [2.24, 2.45) is 0 Å². The van der Waals surface area contributed by atoms with E-state index in [0.29, 0.717) is 5.13 Å². The number of fused-ring (bicyclic) bond motifs is 2. The monoisotopic (exact) mass is 368 g/mol. The standard InChI is InChI=1S/C18H16N4OS2/c1-24-11-16-19-12-6-2-4-8-14(12)22(16)10-17(23)21-18-20-13-7-3-5-9-15(13)25-18/h2-9H,10-11H2,1H3,(H,20,21,23). The number of imidazole rings is 1. The van der Waals surface area contributed by atoms with Gasteiger partial charge in [-0.05, 0) is 30.5 Å². The summed E-state index contributed by atoms with van der Waals surface area (Å²) in [7, 11) is 0. The van der Waals surface area contributed by atoms with Gasteiger partial charge in [0, 0.05) is 0 Å². The molecule has 0 unspecified atom stereocenters. The first-order chi connectivity index (χ1) is 12.2. The van der Waals surface area contributed by atoms with Crippen molar-refractivity contribution in [1.82, 2.24) is 14.5 Å². The molecule has 4 rings (SSSR count). The Morgan fingerprint density at radius 3 is 2.68 bits per heavy atom. The van der Waals surface area contributed by atoms with Crippen molar-refractivity contribution in [1.29, 1.82) is 0 Å². The molecule has 0 aliphatic carbocycles. The van der Waals surface area contributed by atoms with Crippen molar-refractivity contribution < 1.29 is 4.79 Å². The molecule has 25 heavy (non-hydrogen) atoms. The molecule has 1 N–H and O–H groups in total. The summed E-state index contributed by atoms with van der Waals surface area (Å²) in [5, 5.41) is 3.54. The molecule has 0 radical (unpaired) electrons. The summed E-state index contributed by atoms with van der Waals surface area (Å²) in [6.07, 6.45) is 2.03. The van der Waals surface area contributed by atoms with Crippen LogP contribution in [0.5, 0.6) is 0 Å². The van der Waals surface area contributed by atoms with Crippen molar-refractivity contribution >= 4 is 55.4 Å². The van der Waals surface area contributed by atoms with E-state index in [2.05, 4.69) is 15.3 Å². The lowest BCUT2D eigenvalue weighted by Crippen LogP contribution is -2.19. The number of carbonyl (C=O) groups is 1. The minimum absolute atomic E-state index is 0.0930. The van der Waals surface area contributed by atoms with E-state index < -0.39 is 0 Å². The minimum Gasteiger partial charge on any atom is -0.318 e. The molecule has 0 spiro atoms. The third-order valence-corrected chi connectivity index (χ3v) is 5.35. The lowest BCUT2D eigenvalue weighted by Gasteiger charge is -2.08. The van der Waals surface area contributed by atoms with E-state index in [9.17, 15) is 4.79 Å². The number of nitrogens with zero attached hydrogens (tertiary/aromatic N) is 3. The third kappa shape index (κ3) is 3.25. The highest BCUT2D eigenvalue weighted by atomic mass is 32.2. The Labute approximate surface area is 153 Å². The van der Waals surface area contributed by atoms with Crippen molar-refractivity contribution in [3.8, 4) is 0 Å². The number of nitrogens with one attached hydrogen (secondary N) is 1. The lowest BCUT2D eigenvalue weighted by molar-refractivity contribution is -0.116. The highest BCUT2D eigenvalue weighted by Crippen LogP contribution is 2.25. The fraction of sp³-hybridized carbons (Fsp3) is 0.167. The predicted octanol–water partition coefficient (Wildman–Crippen LogP) is 4.15. The second-order valence-corrected chi connectivity index (χ2v) is 7.47. The van der Waals surface area contributed by atoms with Gasteiger partial charge >= 0.3 is 0 Å². The molecule has 0 aliphatic heterocycles. The normalized spacial score (nSPS) is 11.2. The molecule has 0 bridgehead atoms. The molecule has 5 nitrogen and oxygen atoms in total. The average molecular weight is 368 g/mol. The van der Waals surface area contributed by atoms with Gasteiger partial charge in [0.25, 0.3) is 0 Å². The van der Waals surface area contributed by atoms with E-state index in [-0.39, 0.29) is 12.5 Å². The van der Waals surface area contributed by atoms with Crippen LogP contribution in [0.4, 0.5) is 5.13 Å². The van der Waals surface area contributed by atoms with Crippen molar-refractivity contribution in [2.45, 2.75) is 12.3 Å². The zero-order chi connectivity index (χ0) is 17.2. The van der Waals surface area contributed by atoms with Gasteiger partial charge in [0.1, 0.15) is 12.4 Å². The highest BCUT2D eigenvalue weighted by Gasteiger charge is 2.14. The summed E-state index contributed by atoms with van der Waals surface area (Å²) in [6.45, 7) is 0.229. The van der Waals surface area contributed by atoms with Gasteiger partial charge < -0.3 is 9.88 Å². The minimum atomic E-state index is -0.0930. The Morgan fingerprint density at radius 1 is 1.12 bits per heavy atom. The zero-order valence-corrected chi connectivity index (χ0v) is 15.2. The molecule has 7 heteroatoms. The number of anilines is 1. The van der Waals surface area contributed by atoms with Gasteiger partial charge in [0.15, 0.2) is 5.13 Å². The summed E-state index contributed by atoms with van der Waals surface area (Å²) in [5.74, 6) is 1.58. The Bertz CT molecular complexity index is 1020. The maximum absolute atomic E-state index is 12.6. The van der Waals surface area contributed by atoms with E-state index in [1.807, 2.05) is 59.4 Å². The maximum atomic E-state index is 12.6. The summed E-state index contributed by atoms with van der Waals surface area (Å²) in [4.78, 5) is 21.7. The van der Waals surface area contributed by atoms with E-state index in [1.54, 1.807) is 11.8 Å². The highest BCUT2D eigenvalue weighted by molar-refractivity contribution is 7.97. The van der Waals surface area contributed by atoms with E-state index in [1.165, 1.54) is 11.3 Å². The third-order valence-electron chi connectivity index (χ3n) is 3.85. The summed E-state index contributed by atoms with van der Waals surface area (Å²) < 4.78 is 3.04. The number of thioether (sulfide) groups is 1. The molecular weight excluding hydrogens is 352 g/mol. The van der Waals surface area contributed by atoms with Gasteiger partial charge in [-0.15, -0.1) is 0 Å². The van der Waals surface area contributed by atoms with Crippen LogP contribution < -0.4 is 5.32 Å². The first-order valence-corrected chi connectivity index (χ1v) is 10.0. The summed E-state index contributed by atoms with van der Waals surface area (Å²) in [5.41, 5.74) is 2.80. The van der Waals surface area contributed by atoms with E-state index in [0.717, 1.165) is 32.8 Å². The van der Waals surface area contributed by atoms with Crippen LogP contribution in [0.1, 0.15) is 5.82 Å². The molecule has 0 aliphatic rings. The Hall–Kier alpha value is -2.38. The van der Waals surface area contributed by atoms with E-state index >= 15 is 0 Å². The Morgan fingerprint density at radius 2 is 1.88 bits per heavy atom. The molecule has 0 fully saturated rings. The van der Waals surface area contributed by atoms with Crippen LogP contribution in [0.15, 0.2) is 48.5 Å². The number of amides is 1. The number of thiazole rings is 1. The van der Waals surface area contributed by atoms with Crippen LogP contribution in [0, 0.1) is 0 Å². The van der Waals surface area contributed by atoms with Crippen LogP contribution in [-0.4, -0.2) is 26.7 Å². The van der Waals surface area contributed by atoms with Crippen LogP contribution in [0.25, 0.3) is 21.3 Å². The van der Waals surface area contributed by atoms with Gasteiger partial charge in [-0.3, -0.25) is 4.79 Å². The molecule has 2 aromatic heterocycles. The van der Waals surface area contributed by atoms with Crippen molar-refractivity contribution in [3.05, 3.63) is 54.4 Å². The van der Waals surface area contributed by atoms with E-state index in [4.69, 9.17) is 0 Å². The number of rotatable bonds is 5. The first kappa shape index (κ1) is 16.1. The maximum Gasteiger partial charge on any atom is 0.246 e. The topological polar surface area (TPSA) is 59.8 Å². The number of para-hydroxylation sites is 3. The first-order valence-electron chi connectivity index (χ1n) is 7.83. The predicted molar refractivity (Wildman–Crippen MR) is 105 cm³/mol. The second kappa shape index (κ2) is 6.85. The molecule has 126 valence electrons. The molecule has 1 amide bonds. The van der Waals surface area contributed by atoms with Gasteiger partial charge in [-0.25, -0.2) is 9.97 Å². The largest absolute Gasteiger partial charge is 0.318 e.